The lowest BCUT2D eigenvalue weighted by Crippen LogP contribution is -2.23. The first-order valence-electron chi connectivity index (χ1n) is 12.6. The van der Waals surface area contributed by atoms with Crippen LogP contribution in [0.5, 0.6) is 11.5 Å². The number of aromatic nitrogens is 1. The summed E-state index contributed by atoms with van der Waals surface area (Å²) in [6, 6.07) is 20.0. The number of hydrogen-bond acceptors (Lipinski definition) is 5. The molecule has 2 amide bonds. The van der Waals surface area contributed by atoms with Crippen molar-refractivity contribution in [3.05, 3.63) is 78.0 Å². The van der Waals surface area contributed by atoms with Crippen molar-refractivity contribution in [1.29, 1.82) is 0 Å². The Morgan fingerprint density at radius 1 is 0.947 bits per heavy atom. The number of ether oxygens (including phenoxy) is 2. The fourth-order valence-electron chi connectivity index (χ4n) is 4.47. The first kappa shape index (κ1) is 25.7. The molecule has 5 rings (SSSR count). The normalized spacial score (nSPS) is 12.8. The van der Waals surface area contributed by atoms with E-state index in [0.717, 1.165) is 45.3 Å². The Hall–Kier alpha value is -3.91. The minimum Gasteiger partial charge on any atom is -0.493 e. The molecule has 1 aliphatic carbocycles. The van der Waals surface area contributed by atoms with Crippen molar-refractivity contribution < 1.29 is 19.1 Å². The second-order valence-corrected chi connectivity index (χ2v) is 10.4. The number of carbonyl (C=O) groups excluding carboxylic acids is 2. The largest absolute Gasteiger partial charge is 0.493 e. The number of benzene rings is 3. The molecule has 0 radical (unpaired) electrons. The molecule has 1 heterocycles. The van der Waals surface area contributed by atoms with Crippen molar-refractivity contribution in [3.63, 3.8) is 0 Å². The molecule has 1 saturated carbocycles. The van der Waals surface area contributed by atoms with Crippen LogP contribution in [0.15, 0.2) is 71.8 Å². The van der Waals surface area contributed by atoms with Gasteiger partial charge in [0.2, 0.25) is 5.91 Å². The summed E-state index contributed by atoms with van der Waals surface area (Å²) in [4.78, 5) is 26.2. The van der Waals surface area contributed by atoms with Gasteiger partial charge in [0.1, 0.15) is 0 Å². The number of aryl methyl sites for hydroxylation is 1. The maximum atomic E-state index is 13.2. The molecule has 2 N–H and O–H groups in total. The third-order valence-corrected chi connectivity index (χ3v) is 7.61. The molecule has 4 aromatic rings. The van der Waals surface area contributed by atoms with E-state index in [-0.39, 0.29) is 17.7 Å². The van der Waals surface area contributed by atoms with Crippen LogP contribution in [0, 0.1) is 5.92 Å². The van der Waals surface area contributed by atoms with Gasteiger partial charge in [0.15, 0.2) is 11.5 Å². The predicted octanol–water partition coefficient (Wildman–Crippen LogP) is 5.37. The summed E-state index contributed by atoms with van der Waals surface area (Å²) in [5.41, 5.74) is 4.61. The number of fused-ring (bicyclic) bond motifs is 1. The Morgan fingerprint density at radius 3 is 2.50 bits per heavy atom. The van der Waals surface area contributed by atoms with Gasteiger partial charge in [-0.1, -0.05) is 24.3 Å². The van der Waals surface area contributed by atoms with Crippen LogP contribution in [0.3, 0.4) is 0 Å². The minimum atomic E-state index is -0.141. The maximum Gasteiger partial charge on any atom is 0.253 e. The summed E-state index contributed by atoms with van der Waals surface area (Å²) >= 11 is 1.61. The van der Waals surface area contributed by atoms with E-state index in [0.29, 0.717) is 29.5 Å². The molecule has 0 spiro atoms. The van der Waals surface area contributed by atoms with Gasteiger partial charge in [-0.2, -0.15) is 0 Å². The molecule has 7 nitrogen and oxygen atoms in total. The SMILES string of the molecule is COc1ccc(CNC(=O)c2cn(C)c3ccc(-c4cccc(SCNC(=O)C5CC5)c4)cc23)cc1OC. The number of carbonyl (C=O) groups is 2. The monoisotopic (exact) mass is 529 g/mol. The zero-order valence-corrected chi connectivity index (χ0v) is 22.6. The van der Waals surface area contributed by atoms with Gasteiger partial charge in [0.05, 0.1) is 25.7 Å². The van der Waals surface area contributed by atoms with Crippen molar-refractivity contribution in [1.82, 2.24) is 15.2 Å². The molecular formula is C30H31N3O4S. The van der Waals surface area contributed by atoms with E-state index in [4.69, 9.17) is 9.47 Å². The van der Waals surface area contributed by atoms with E-state index in [1.807, 2.05) is 54.2 Å². The molecule has 0 aliphatic heterocycles. The standard InChI is InChI=1S/C30H31N3O4S/c1-33-17-25(30(35)31-16-19-7-12-27(36-2)28(13-19)37-3)24-15-22(10-11-26(24)33)21-5-4-6-23(14-21)38-18-32-29(34)20-8-9-20/h4-7,10-15,17,20H,8-9,16,18H2,1-3H3,(H,31,35)(H,32,34). The average Bonchev–Trinajstić information content (AvgIpc) is 3.75. The third kappa shape index (κ3) is 5.65. The second-order valence-electron chi connectivity index (χ2n) is 9.39. The summed E-state index contributed by atoms with van der Waals surface area (Å²) in [7, 11) is 5.13. The molecule has 0 saturated heterocycles. The molecule has 0 atom stereocenters. The van der Waals surface area contributed by atoms with Crippen molar-refractivity contribution in [2.75, 3.05) is 20.1 Å². The smallest absolute Gasteiger partial charge is 0.253 e. The first-order valence-corrected chi connectivity index (χ1v) is 13.5. The quantitative estimate of drug-likeness (QED) is 0.213. The Morgan fingerprint density at radius 2 is 1.74 bits per heavy atom. The van der Waals surface area contributed by atoms with Crippen LogP contribution in [0.4, 0.5) is 0 Å². The number of methoxy groups -OCH3 is 2. The molecule has 0 unspecified atom stereocenters. The van der Waals surface area contributed by atoms with Crippen molar-refractivity contribution in [2.45, 2.75) is 24.3 Å². The lowest BCUT2D eigenvalue weighted by molar-refractivity contribution is -0.121. The van der Waals surface area contributed by atoms with Gasteiger partial charge in [-0.3, -0.25) is 9.59 Å². The maximum absolute atomic E-state index is 13.2. The van der Waals surface area contributed by atoms with E-state index >= 15 is 0 Å². The molecule has 3 aromatic carbocycles. The van der Waals surface area contributed by atoms with Crippen LogP contribution in [-0.4, -0.2) is 36.5 Å². The summed E-state index contributed by atoms with van der Waals surface area (Å²) in [6.07, 6.45) is 3.88. The summed E-state index contributed by atoms with van der Waals surface area (Å²) in [5, 5.41) is 6.93. The Bertz CT molecular complexity index is 1490. The van der Waals surface area contributed by atoms with Crippen molar-refractivity contribution in [2.24, 2.45) is 13.0 Å². The van der Waals surface area contributed by atoms with Gasteiger partial charge in [-0.15, -0.1) is 11.8 Å². The minimum absolute atomic E-state index is 0.141. The molecular weight excluding hydrogens is 498 g/mol. The van der Waals surface area contributed by atoms with Gasteiger partial charge in [0, 0.05) is 41.5 Å². The zero-order chi connectivity index (χ0) is 26.6. The lowest BCUT2D eigenvalue weighted by atomic mass is 10.0. The number of amides is 2. The van der Waals surface area contributed by atoms with Gasteiger partial charge in [0.25, 0.3) is 5.91 Å². The average molecular weight is 530 g/mol. The van der Waals surface area contributed by atoms with Crippen LogP contribution in [0.2, 0.25) is 0 Å². The second kappa shape index (κ2) is 11.2. The molecule has 1 aromatic heterocycles. The van der Waals surface area contributed by atoms with E-state index in [1.165, 1.54) is 0 Å². The summed E-state index contributed by atoms with van der Waals surface area (Å²) in [5.74, 6) is 2.05. The number of nitrogens with zero attached hydrogens (tertiary/aromatic N) is 1. The molecule has 38 heavy (non-hydrogen) atoms. The fourth-order valence-corrected chi connectivity index (χ4v) is 5.23. The first-order chi connectivity index (χ1) is 18.5. The van der Waals surface area contributed by atoms with E-state index in [1.54, 1.807) is 26.0 Å². The highest BCUT2D eigenvalue weighted by molar-refractivity contribution is 7.99. The predicted molar refractivity (Wildman–Crippen MR) is 151 cm³/mol. The highest BCUT2D eigenvalue weighted by Gasteiger charge is 2.29. The Balaban J connectivity index is 1.32. The highest BCUT2D eigenvalue weighted by Crippen LogP contribution is 2.32. The van der Waals surface area contributed by atoms with Gasteiger partial charge < -0.3 is 24.7 Å². The molecule has 0 bridgehead atoms. The van der Waals surface area contributed by atoms with Crippen LogP contribution >= 0.6 is 11.8 Å². The Labute approximate surface area is 226 Å². The van der Waals surface area contributed by atoms with Gasteiger partial charge >= 0.3 is 0 Å². The molecule has 1 aliphatic rings. The zero-order valence-electron chi connectivity index (χ0n) is 21.7. The topological polar surface area (TPSA) is 81.6 Å². The van der Waals surface area contributed by atoms with Crippen LogP contribution in [-0.2, 0) is 18.4 Å². The fraction of sp³-hybridized carbons (Fsp3) is 0.267. The van der Waals surface area contributed by atoms with E-state index in [9.17, 15) is 9.59 Å². The summed E-state index contributed by atoms with van der Waals surface area (Å²) < 4.78 is 12.6. The van der Waals surface area contributed by atoms with Gasteiger partial charge in [-0.25, -0.2) is 0 Å². The van der Waals surface area contributed by atoms with E-state index < -0.39 is 0 Å². The molecule has 196 valence electrons. The van der Waals surface area contributed by atoms with Gasteiger partial charge in [-0.05, 0) is 65.9 Å². The van der Waals surface area contributed by atoms with Crippen LogP contribution in [0.1, 0.15) is 28.8 Å². The number of nitrogens with one attached hydrogen (secondary N) is 2. The van der Waals surface area contributed by atoms with Crippen LogP contribution in [0.25, 0.3) is 22.0 Å². The van der Waals surface area contributed by atoms with Crippen molar-refractivity contribution in [3.8, 4) is 22.6 Å². The van der Waals surface area contributed by atoms with E-state index in [2.05, 4.69) is 34.9 Å². The Kier molecular flexibility index (Phi) is 7.60. The third-order valence-electron chi connectivity index (χ3n) is 6.74. The lowest BCUT2D eigenvalue weighted by Gasteiger charge is -2.10. The number of thioether (sulfide) groups is 1. The number of rotatable bonds is 10. The number of hydrogen-bond donors (Lipinski definition) is 2. The highest BCUT2D eigenvalue weighted by atomic mass is 32.2. The van der Waals surface area contributed by atoms with Crippen molar-refractivity contribution >= 4 is 34.5 Å². The molecule has 8 heteroatoms. The summed E-state index contributed by atoms with van der Waals surface area (Å²) in [6.45, 7) is 0.367. The molecule has 1 fully saturated rings. The van der Waals surface area contributed by atoms with Crippen LogP contribution < -0.4 is 20.1 Å².